The molecule has 2 fully saturated rings. The monoisotopic (exact) mass is 234 g/mol. The fourth-order valence-electron chi connectivity index (χ4n) is 3.45. The lowest BCUT2D eigenvalue weighted by Crippen LogP contribution is -2.38. The Morgan fingerprint density at radius 1 is 1.12 bits per heavy atom. The van der Waals surface area contributed by atoms with Crippen LogP contribution in [0.25, 0.3) is 0 Å². The van der Waals surface area contributed by atoms with Crippen molar-refractivity contribution in [2.24, 2.45) is 5.41 Å². The first kappa shape index (κ1) is 11.0. The molecule has 0 unspecified atom stereocenters. The first-order valence-electron chi connectivity index (χ1n) is 6.64. The average Bonchev–Trinajstić information content (AvgIpc) is 2.79. The van der Waals surface area contributed by atoms with E-state index in [1.807, 2.05) is 6.07 Å². The highest BCUT2D eigenvalue weighted by Crippen LogP contribution is 2.46. The number of pyridine rings is 1. The van der Waals surface area contributed by atoms with Gasteiger partial charge < -0.3 is 4.90 Å². The number of hydrogen-bond donors (Lipinski definition) is 0. The normalized spacial score (nSPS) is 23.2. The fraction of sp³-hybridized carbons (Fsp3) is 0.643. The SMILES string of the molecule is Fc1cc(N2CCC3(CCCC3)CC2)ccn1. The second-order valence-corrected chi connectivity index (χ2v) is 5.53. The minimum absolute atomic E-state index is 0.372. The lowest BCUT2D eigenvalue weighted by atomic mass is 9.77. The molecule has 0 N–H and O–H groups in total. The predicted molar refractivity (Wildman–Crippen MR) is 66.5 cm³/mol. The highest BCUT2D eigenvalue weighted by molar-refractivity contribution is 5.45. The first-order chi connectivity index (χ1) is 8.27. The van der Waals surface area contributed by atoms with E-state index in [9.17, 15) is 4.39 Å². The van der Waals surface area contributed by atoms with E-state index in [0.717, 1.165) is 18.8 Å². The van der Waals surface area contributed by atoms with Gasteiger partial charge in [0.1, 0.15) is 0 Å². The van der Waals surface area contributed by atoms with Crippen molar-refractivity contribution in [1.29, 1.82) is 0 Å². The molecule has 1 aromatic heterocycles. The summed E-state index contributed by atoms with van der Waals surface area (Å²) >= 11 is 0. The lowest BCUT2D eigenvalue weighted by Gasteiger charge is -2.40. The van der Waals surface area contributed by atoms with E-state index >= 15 is 0 Å². The summed E-state index contributed by atoms with van der Waals surface area (Å²) in [6.45, 7) is 2.15. The average molecular weight is 234 g/mol. The topological polar surface area (TPSA) is 16.1 Å². The zero-order valence-corrected chi connectivity index (χ0v) is 10.2. The smallest absolute Gasteiger partial charge is 0.214 e. The molecule has 1 aromatic rings. The Hall–Kier alpha value is -1.12. The summed E-state index contributed by atoms with van der Waals surface area (Å²) < 4.78 is 13.1. The van der Waals surface area contributed by atoms with Gasteiger partial charge in [0.25, 0.3) is 0 Å². The molecule has 17 heavy (non-hydrogen) atoms. The molecule has 2 heterocycles. The Bertz CT molecular complexity index is 389. The summed E-state index contributed by atoms with van der Waals surface area (Å²) in [5, 5.41) is 0. The first-order valence-corrected chi connectivity index (χ1v) is 6.64. The summed E-state index contributed by atoms with van der Waals surface area (Å²) in [4.78, 5) is 5.91. The third-order valence-electron chi connectivity index (χ3n) is 4.56. The van der Waals surface area contributed by atoms with Gasteiger partial charge in [0.15, 0.2) is 0 Å². The zero-order valence-electron chi connectivity index (χ0n) is 10.2. The molecule has 0 radical (unpaired) electrons. The summed E-state index contributed by atoms with van der Waals surface area (Å²) in [7, 11) is 0. The molecule has 3 heteroatoms. The van der Waals surface area contributed by atoms with E-state index in [4.69, 9.17) is 0 Å². The number of halogens is 1. The van der Waals surface area contributed by atoms with E-state index in [0.29, 0.717) is 5.41 Å². The number of aromatic nitrogens is 1. The van der Waals surface area contributed by atoms with Crippen LogP contribution in [0.2, 0.25) is 0 Å². The van der Waals surface area contributed by atoms with Crippen LogP contribution in [0.5, 0.6) is 0 Å². The molecule has 1 aliphatic carbocycles. The van der Waals surface area contributed by atoms with Gasteiger partial charge in [0.05, 0.1) is 0 Å². The highest BCUT2D eigenvalue weighted by Gasteiger charge is 2.36. The molecule has 2 aliphatic rings. The van der Waals surface area contributed by atoms with Crippen LogP contribution in [0.3, 0.4) is 0 Å². The standard InChI is InChI=1S/C14H19FN2/c15-13-11-12(3-8-16-13)17-9-6-14(7-10-17)4-1-2-5-14/h3,8,11H,1-2,4-7,9-10H2. The highest BCUT2D eigenvalue weighted by atomic mass is 19.1. The molecule has 1 saturated heterocycles. The third-order valence-corrected chi connectivity index (χ3v) is 4.56. The van der Waals surface area contributed by atoms with Gasteiger partial charge in [-0.3, -0.25) is 0 Å². The van der Waals surface area contributed by atoms with Crippen molar-refractivity contribution in [2.75, 3.05) is 18.0 Å². The largest absolute Gasteiger partial charge is 0.371 e. The maximum absolute atomic E-state index is 13.1. The van der Waals surface area contributed by atoms with Crippen LogP contribution >= 0.6 is 0 Å². The molecule has 0 atom stereocenters. The molecule has 1 spiro atoms. The molecular weight excluding hydrogens is 215 g/mol. The maximum Gasteiger partial charge on any atom is 0.214 e. The van der Waals surface area contributed by atoms with E-state index in [1.54, 1.807) is 12.3 Å². The van der Waals surface area contributed by atoms with Crippen molar-refractivity contribution in [3.8, 4) is 0 Å². The van der Waals surface area contributed by atoms with Crippen LogP contribution in [-0.4, -0.2) is 18.1 Å². The summed E-state index contributed by atoms with van der Waals surface area (Å²) in [6.07, 6.45) is 9.74. The molecule has 0 aromatic carbocycles. The Kier molecular flexibility index (Phi) is 2.77. The molecular formula is C14H19FN2. The van der Waals surface area contributed by atoms with Crippen molar-refractivity contribution < 1.29 is 4.39 Å². The number of anilines is 1. The van der Waals surface area contributed by atoms with Crippen LogP contribution < -0.4 is 4.90 Å². The molecule has 0 amide bonds. The van der Waals surface area contributed by atoms with Crippen LogP contribution in [0.15, 0.2) is 18.3 Å². The molecule has 92 valence electrons. The second kappa shape index (κ2) is 4.28. The van der Waals surface area contributed by atoms with Crippen LogP contribution in [0.1, 0.15) is 38.5 Å². The van der Waals surface area contributed by atoms with Gasteiger partial charge in [0, 0.05) is 31.0 Å². The Balaban J connectivity index is 1.68. The van der Waals surface area contributed by atoms with Crippen molar-refractivity contribution in [3.63, 3.8) is 0 Å². The Morgan fingerprint density at radius 3 is 2.47 bits per heavy atom. The number of nitrogens with zero attached hydrogens (tertiary/aromatic N) is 2. The van der Waals surface area contributed by atoms with E-state index < -0.39 is 0 Å². The minimum atomic E-state index is -0.372. The number of piperidine rings is 1. The summed E-state index contributed by atoms with van der Waals surface area (Å²) in [5.74, 6) is -0.372. The van der Waals surface area contributed by atoms with Gasteiger partial charge >= 0.3 is 0 Å². The molecule has 3 rings (SSSR count). The van der Waals surface area contributed by atoms with Gasteiger partial charge in [0.2, 0.25) is 5.95 Å². The van der Waals surface area contributed by atoms with Gasteiger partial charge in [-0.05, 0) is 37.2 Å². The van der Waals surface area contributed by atoms with Crippen LogP contribution in [-0.2, 0) is 0 Å². The van der Waals surface area contributed by atoms with Crippen LogP contribution in [0, 0.1) is 11.4 Å². The van der Waals surface area contributed by atoms with Gasteiger partial charge in [-0.15, -0.1) is 0 Å². The third kappa shape index (κ3) is 2.15. The fourth-order valence-corrected chi connectivity index (χ4v) is 3.45. The minimum Gasteiger partial charge on any atom is -0.371 e. The molecule has 2 nitrogen and oxygen atoms in total. The number of hydrogen-bond acceptors (Lipinski definition) is 2. The molecule has 0 bridgehead atoms. The van der Waals surface area contributed by atoms with E-state index in [2.05, 4.69) is 9.88 Å². The quantitative estimate of drug-likeness (QED) is 0.692. The van der Waals surface area contributed by atoms with Crippen molar-refractivity contribution in [2.45, 2.75) is 38.5 Å². The molecule has 1 aliphatic heterocycles. The Morgan fingerprint density at radius 2 is 1.82 bits per heavy atom. The van der Waals surface area contributed by atoms with Gasteiger partial charge in [-0.1, -0.05) is 12.8 Å². The second-order valence-electron chi connectivity index (χ2n) is 5.53. The summed E-state index contributed by atoms with van der Waals surface area (Å²) in [6, 6.07) is 3.46. The predicted octanol–water partition coefficient (Wildman–Crippen LogP) is 3.38. The van der Waals surface area contributed by atoms with Crippen molar-refractivity contribution in [1.82, 2.24) is 4.98 Å². The van der Waals surface area contributed by atoms with Gasteiger partial charge in [-0.25, -0.2) is 4.98 Å². The van der Waals surface area contributed by atoms with Crippen LogP contribution in [0.4, 0.5) is 10.1 Å². The van der Waals surface area contributed by atoms with E-state index in [-0.39, 0.29) is 5.95 Å². The van der Waals surface area contributed by atoms with Crippen molar-refractivity contribution in [3.05, 3.63) is 24.3 Å². The zero-order chi connectivity index (χ0) is 11.7. The van der Waals surface area contributed by atoms with Gasteiger partial charge in [-0.2, -0.15) is 4.39 Å². The molecule has 1 saturated carbocycles. The lowest BCUT2D eigenvalue weighted by molar-refractivity contribution is 0.226. The summed E-state index contributed by atoms with van der Waals surface area (Å²) in [5.41, 5.74) is 1.62. The van der Waals surface area contributed by atoms with Crippen molar-refractivity contribution >= 4 is 5.69 Å². The Labute approximate surface area is 102 Å². The van der Waals surface area contributed by atoms with E-state index in [1.165, 1.54) is 38.5 Å². The number of rotatable bonds is 1. The maximum atomic E-state index is 13.1.